The summed E-state index contributed by atoms with van der Waals surface area (Å²) in [6.07, 6.45) is 8.21. The van der Waals surface area contributed by atoms with E-state index in [9.17, 15) is 19.5 Å². The third-order valence-electron chi connectivity index (χ3n) is 6.50. The van der Waals surface area contributed by atoms with Crippen molar-refractivity contribution < 1.29 is 19.4 Å². The van der Waals surface area contributed by atoms with Crippen LogP contribution in [0.1, 0.15) is 55.5 Å². The van der Waals surface area contributed by atoms with Gasteiger partial charge in [-0.15, -0.1) is 0 Å². The second-order valence-corrected chi connectivity index (χ2v) is 9.59. The van der Waals surface area contributed by atoms with Crippen LogP contribution in [-0.2, 0) is 16.1 Å². The SMILES string of the molecule is CC(C)Cn1c(=O)c(C(=O)NC2CC2)c(O)n2ncc(C=CC(=O)N3C4CCC3COC4)c12. The Morgan fingerprint density at radius 2 is 1.94 bits per heavy atom. The maximum absolute atomic E-state index is 13.3. The molecule has 4 heterocycles. The van der Waals surface area contributed by atoms with Crippen molar-refractivity contribution >= 4 is 23.5 Å². The molecule has 33 heavy (non-hydrogen) atoms. The van der Waals surface area contributed by atoms with Gasteiger partial charge < -0.3 is 20.1 Å². The van der Waals surface area contributed by atoms with Gasteiger partial charge in [-0.1, -0.05) is 13.8 Å². The first-order valence-electron chi connectivity index (χ1n) is 11.6. The molecule has 10 heteroatoms. The summed E-state index contributed by atoms with van der Waals surface area (Å²) >= 11 is 0. The van der Waals surface area contributed by atoms with Crippen molar-refractivity contribution in [3.63, 3.8) is 0 Å². The molecule has 0 radical (unpaired) electrons. The van der Waals surface area contributed by atoms with E-state index < -0.39 is 17.3 Å². The molecule has 5 rings (SSSR count). The van der Waals surface area contributed by atoms with E-state index in [4.69, 9.17) is 4.74 Å². The summed E-state index contributed by atoms with van der Waals surface area (Å²) < 4.78 is 8.22. The third-order valence-corrected chi connectivity index (χ3v) is 6.50. The van der Waals surface area contributed by atoms with Crippen LogP contribution >= 0.6 is 0 Å². The highest BCUT2D eigenvalue weighted by Gasteiger charge is 2.39. The van der Waals surface area contributed by atoms with Crippen molar-refractivity contribution in [3.05, 3.63) is 33.8 Å². The summed E-state index contributed by atoms with van der Waals surface area (Å²) in [5.41, 5.74) is -0.0106. The number of rotatable bonds is 6. The molecule has 2 unspecified atom stereocenters. The predicted molar refractivity (Wildman–Crippen MR) is 120 cm³/mol. The van der Waals surface area contributed by atoms with E-state index in [0.29, 0.717) is 31.0 Å². The van der Waals surface area contributed by atoms with Crippen LogP contribution in [-0.4, -0.2) is 67.3 Å². The average Bonchev–Trinajstić information content (AvgIpc) is 3.42. The van der Waals surface area contributed by atoms with E-state index in [-0.39, 0.29) is 35.5 Å². The van der Waals surface area contributed by atoms with Gasteiger partial charge in [0.1, 0.15) is 5.65 Å². The standard InChI is InChI=1S/C23H29N5O5/c1-13(2)10-26-21-14(3-8-18(29)27-16-6-7-17(27)12-33-11-16)9-24-28(21)23(32)19(22(26)31)20(30)25-15-4-5-15/h3,8-9,13,15-17,32H,4-7,10-12H2,1-2H3,(H,25,30). The Kier molecular flexibility index (Phi) is 5.48. The lowest BCUT2D eigenvalue weighted by Crippen LogP contribution is -2.48. The highest BCUT2D eigenvalue weighted by atomic mass is 16.5. The van der Waals surface area contributed by atoms with Gasteiger partial charge in [0.15, 0.2) is 5.56 Å². The minimum absolute atomic E-state index is 0.0446. The Morgan fingerprint density at radius 3 is 2.58 bits per heavy atom. The number of aromatic nitrogens is 3. The fraction of sp³-hybridized carbons (Fsp3) is 0.565. The lowest BCUT2D eigenvalue weighted by Gasteiger charge is -2.33. The maximum Gasteiger partial charge on any atom is 0.270 e. The number of carbonyl (C=O) groups is 2. The van der Waals surface area contributed by atoms with E-state index in [0.717, 1.165) is 25.7 Å². The molecule has 2 aromatic rings. The topological polar surface area (TPSA) is 118 Å². The van der Waals surface area contributed by atoms with Gasteiger partial charge in [0.25, 0.3) is 11.5 Å². The van der Waals surface area contributed by atoms with Crippen molar-refractivity contribution in [3.8, 4) is 5.88 Å². The van der Waals surface area contributed by atoms with Crippen molar-refractivity contribution in [2.45, 2.75) is 64.2 Å². The molecular formula is C23H29N5O5. The molecule has 176 valence electrons. The molecule has 1 aliphatic carbocycles. The average molecular weight is 456 g/mol. The zero-order chi connectivity index (χ0) is 23.3. The zero-order valence-corrected chi connectivity index (χ0v) is 18.9. The van der Waals surface area contributed by atoms with E-state index in [1.807, 2.05) is 18.7 Å². The van der Waals surface area contributed by atoms with Gasteiger partial charge >= 0.3 is 0 Å². The number of morpholine rings is 1. The fourth-order valence-corrected chi connectivity index (χ4v) is 4.78. The van der Waals surface area contributed by atoms with Gasteiger partial charge in [-0.25, -0.2) is 0 Å². The number of carbonyl (C=O) groups excluding carboxylic acids is 2. The molecule has 2 bridgehead atoms. The van der Waals surface area contributed by atoms with Gasteiger partial charge in [0, 0.05) is 24.2 Å². The smallest absolute Gasteiger partial charge is 0.270 e. The molecule has 10 nitrogen and oxygen atoms in total. The van der Waals surface area contributed by atoms with E-state index in [1.54, 1.807) is 6.08 Å². The van der Waals surface area contributed by atoms with Gasteiger partial charge in [-0.05, 0) is 37.7 Å². The van der Waals surface area contributed by atoms with Crippen LogP contribution in [0.2, 0.25) is 0 Å². The first kappa shape index (κ1) is 21.7. The molecule has 2 aromatic heterocycles. The van der Waals surface area contributed by atoms with Gasteiger partial charge in [-0.2, -0.15) is 9.61 Å². The largest absolute Gasteiger partial charge is 0.492 e. The molecule has 1 saturated carbocycles. The zero-order valence-electron chi connectivity index (χ0n) is 18.9. The van der Waals surface area contributed by atoms with E-state index in [2.05, 4.69) is 10.4 Å². The predicted octanol–water partition coefficient (Wildman–Crippen LogP) is 1.15. The molecule has 3 fully saturated rings. The number of hydrogen-bond donors (Lipinski definition) is 2. The normalized spacial score (nSPS) is 22.6. The molecule has 2 atom stereocenters. The van der Waals surface area contributed by atoms with Crippen LogP contribution in [0.3, 0.4) is 0 Å². The quantitative estimate of drug-likeness (QED) is 0.631. The number of amides is 2. The number of nitrogens with zero attached hydrogens (tertiary/aromatic N) is 4. The second-order valence-electron chi connectivity index (χ2n) is 9.59. The highest BCUT2D eigenvalue weighted by Crippen LogP contribution is 2.29. The molecule has 3 aliphatic rings. The van der Waals surface area contributed by atoms with Crippen LogP contribution in [0, 0.1) is 5.92 Å². The Morgan fingerprint density at radius 1 is 1.24 bits per heavy atom. The molecule has 0 spiro atoms. The number of hydrogen-bond acceptors (Lipinski definition) is 6. The first-order valence-corrected chi connectivity index (χ1v) is 11.6. The fourth-order valence-electron chi connectivity index (χ4n) is 4.78. The molecule has 2 N–H and O–H groups in total. The molecule has 0 aromatic carbocycles. The summed E-state index contributed by atoms with van der Waals surface area (Å²) in [5, 5.41) is 17.8. The Labute approximate surface area is 190 Å². The Hall–Kier alpha value is -3.14. The van der Waals surface area contributed by atoms with Gasteiger partial charge in [-0.3, -0.25) is 19.0 Å². The summed E-state index contributed by atoms with van der Waals surface area (Å²) in [6.45, 7) is 5.37. The Balaban J connectivity index is 1.53. The van der Waals surface area contributed by atoms with E-state index >= 15 is 0 Å². The third kappa shape index (κ3) is 3.92. The van der Waals surface area contributed by atoms with Crippen LogP contribution in [0.25, 0.3) is 11.7 Å². The maximum atomic E-state index is 13.3. The van der Waals surface area contributed by atoms with E-state index in [1.165, 1.54) is 21.4 Å². The van der Waals surface area contributed by atoms with Crippen molar-refractivity contribution in [2.24, 2.45) is 5.92 Å². The van der Waals surface area contributed by atoms with Crippen LogP contribution in [0.5, 0.6) is 5.88 Å². The summed E-state index contributed by atoms with van der Waals surface area (Å²) in [6, 6.07) is 0.240. The lowest BCUT2D eigenvalue weighted by molar-refractivity contribution is -0.135. The number of fused-ring (bicyclic) bond motifs is 3. The second kappa shape index (κ2) is 8.33. The van der Waals surface area contributed by atoms with Crippen LogP contribution < -0.4 is 10.9 Å². The van der Waals surface area contributed by atoms with Crippen molar-refractivity contribution in [1.29, 1.82) is 0 Å². The summed E-state index contributed by atoms with van der Waals surface area (Å²) in [5.74, 6) is -1.09. The molecule has 2 amide bonds. The molecular weight excluding hydrogens is 426 g/mol. The first-order chi connectivity index (χ1) is 15.8. The minimum atomic E-state index is -0.593. The monoisotopic (exact) mass is 455 g/mol. The number of nitrogens with one attached hydrogen (secondary N) is 1. The van der Waals surface area contributed by atoms with Gasteiger partial charge in [0.2, 0.25) is 11.8 Å². The minimum Gasteiger partial charge on any atom is -0.492 e. The molecule has 2 aliphatic heterocycles. The van der Waals surface area contributed by atoms with Crippen molar-refractivity contribution in [1.82, 2.24) is 24.4 Å². The molecule has 2 saturated heterocycles. The summed E-state index contributed by atoms with van der Waals surface area (Å²) in [4.78, 5) is 40.8. The lowest BCUT2D eigenvalue weighted by atomic mass is 10.2. The Bertz CT molecular complexity index is 1180. The van der Waals surface area contributed by atoms with Gasteiger partial charge in [0.05, 0.1) is 31.5 Å². The highest BCUT2D eigenvalue weighted by molar-refractivity contribution is 5.97. The van der Waals surface area contributed by atoms with Crippen molar-refractivity contribution in [2.75, 3.05) is 13.2 Å². The summed E-state index contributed by atoms with van der Waals surface area (Å²) in [7, 11) is 0. The van der Waals surface area contributed by atoms with Crippen LogP contribution in [0.15, 0.2) is 17.1 Å². The number of aromatic hydroxyl groups is 1. The van der Waals surface area contributed by atoms with Crippen LogP contribution in [0.4, 0.5) is 0 Å². The number of ether oxygens (including phenoxy) is 1.